The Hall–Kier alpha value is -5.78. The van der Waals surface area contributed by atoms with Crippen molar-refractivity contribution in [1.29, 1.82) is 0 Å². The third kappa shape index (κ3) is 5.53. The number of pyridine rings is 2. The molecule has 5 aromatic rings. The highest BCUT2D eigenvalue weighted by atomic mass is 19.1. The zero-order valence-electron chi connectivity index (χ0n) is 24.6. The predicted octanol–water partition coefficient (Wildman–Crippen LogP) is 6.06. The number of carbonyl (C=O) groups excluding carboxylic acids is 1. The zero-order valence-corrected chi connectivity index (χ0v) is 24.6. The maximum Gasteiger partial charge on any atom is 0.342 e. The van der Waals surface area contributed by atoms with Crippen LogP contribution in [0, 0.1) is 11.6 Å². The number of aromatic carboxylic acids is 1. The molecule has 230 valence electrons. The molecule has 10 nitrogen and oxygen atoms in total. The number of carbonyl (C=O) groups is 2. The maximum atomic E-state index is 15.7. The van der Waals surface area contributed by atoms with E-state index in [1.54, 1.807) is 26.0 Å². The van der Waals surface area contributed by atoms with Crippen LogP contribution in [0.1, 0.15) is 46.2 Å². The number of nitrogens with two attached hydrogens (primary N) is 1. The van der Waals surface area contributed by atoms with Crippen molar-refractivity contribution in [1.82, 2.24) is 9.55 Å². The van der Waals surface area contributed by atoms with Crippen LogP contribution in [-0.2, 0) is 0 Å². The van der Waals surface area contributed by atoms with Crippen LogP contribution in [0.15, 0.2) is 71.7 Å². The van der Waals surface area contributed by atoms with Gasteiger partial charge in [-0.25, -0.2) is 13.6 Å². The number of hydrogen-bond acceptors (Lipinski definition) is 7. The highest BCUT2D eigenvalue weighted by Gasteiger charge is 2.31. The van der Waals surface area contributed by atoms with E-state index in [0.29, 0.717) is 22.4 Å². The summed E-state index contributed by atoms with van der Waals surface area (Å²) in [5.74, 6) is -3.82. The van der Waals surface area contributed by atoms with Gasteiger partial charge in [-0.3, -0.25) is 19.1 Å². The van der Waals surface area contributed by atoms with E-state index in [-0.39, 0.29) is 39.6 Å². The molecule has 12 heteroatoms. The summed E-state index contributed by atoms with van der Waals surface area (Å²) in [7, 11) is 2.95. The molecule has 0 aliphatic rings. The number of aromatic nitrogens is 2. The normalized spacial score (nSPS) is 11.1. The quantitative estimate of drug-likeness (QED) is 0.204. The Labute approximate surface area is 255 Å². The first kappa shape index (κ1) is 30.7. The third-order valence-corrected chi connectivity index (χ3v) is 7.17. The first-order valence-electron chi connectivity index (χ1n) is 13.6. The van der Waals surface area contributed by atoms with Gasteiger partial charge in [0.2, 0.25) is 0 Å². The van der Waals surface area contributed by atoms with Crippen LogP contribution in [-0.4, -0.2) is 40.8 Å². The summed E-state index contributed by atoms with van der Waals surface area (Å²) in [6.45, 7) is 3.34. The van der Waals surface area contributed by atoms with Gasteiger partial charge in [0.05, 0.1) is 19.7 Å². The number of nitrogens with zero attached hydrogens (tertiary/aromatic N) is 2. The van der Waals surface area contributed by atoms with E-state index in [1.165, 1.54) is 50.7 Å². The van der Waals surface area contributed by atoms with Gasteiger partial charge < -0.3 is 25.1 Å². The lowest BCUT2D eigenvalue weighted by Gasteiger charge is -2.23. The molecular formula is C33H27F2N3O7. The lowest BCUT2D eigenvalue weighted by Crippen LogP contribution is -2.35. The summed E-state index contributed by atoms with van der Waals surface area (Å²) in [5.41, 5.74) is 4.06. The topological polar surface area (TPSA) is 143 Å². The van der Waals surface area contributed by atoms with Crippen molar-refractivity contribution in [3.63, 3.8) is 0 Å². The third-order valence-electron chi connectivity index (χ3n) is 7.17. The van der Waals surface area contributed by atoms with Gasteiger partial charge in [-0.15, -0.1) is 0 Å². The van der Waals surface area contributed by atoms with E-state index in [0.717, 1.165) is 22.8 Å². The minimum absolute atomic E-state index is 0.00204. The van der Waals surface area contributed by atoms with Crippen LogP contribution >= 0.6 is 0 Å². The molecule has 0 radical (unpaired) electrons. The molecule has 0 aliphatic heterocycles. The smallest absolute Gasteiger partial charge is 0.342 e. The molecule has 45 heavy (non-hydrogen) atoms. The largest absolute Gasteiger partial charge is 0.493 e. The number of carboxylic acids is 1. The second-order valence-corrected chi connectivity index (χ2v) is 10.2. The standard InChI is InChI=1S/C33H27F2N3O7/c1-16(2)27-28(29(33(41)42)32(40)38(30(27)31(36)39)19-8-6-18(34)7-9-19)17-5-10-24(21(35)13-17)45-23-11-12-37-22-15-26(44-4)25(43-3)14-20(22)23/h5-16H,1-4H3,(H2,36,39)(H,41,42). The fourth-order valence-electron chi connectivity index (χ4n) is 5.23. The van der Waals surface area contributed by atoms with Gasteiger partial charge >= 0.3 is 5.97 Å². The van der Waals surface area contributed by atoms with E-state index in [2.05, 4.69) is 4.98 Å². The van der Waals surface area contributed by atoms with E-state index in [9.17, 15) is 23.9 Å². The first-order valence-corrected chi connectivity index (χ1v) is 13.6. The van der Waals surface area contributed by atoms with Crippen molar-refractivity contribution in [3.05, 3.63) is 106 Å². The van der Waals surface area contributed by atoms with Gasteiger partial charge in [-0.05, 0) is 65.6 Å². The molecule has 0 fully saturated rings. The van der Waals surface area contributed by atoms with Gasteiger partial charge in [-0.1, -0.05) is 19.9 Å². The minimum atomic E-state index is -1.61. The van der Waals surface area contributed by atoms with E-state index in [4.69, 9.17) is 19.9 Å². The van der Waals surface area contributed by atoms with Gasteiger partial charge in [0.15, 0.2) is 23.1 Å². The van der Waals surface area contributed by atoms with Crippen LogP contribution in [0.25, 0.3) is 27.7 Å². The fraction of sp³-hybridized carbons (Fsp3) is 0.152. The Kier molecular flexibility index (Phi) is 8.23. The lowest BCUT2D eigenvalue weighted by molar-refractivity contribution is 0.0694. The van der Waals surface area contributed by atoms with Crippen molar-refractivity contribution in [3.8, 4) is 39.8 Å². The summed E-state index contributed by atoms with van der Waals surface area (Å²) in [6.07, 6.45) is 1.48. The molecule has 1 amide bonds. The van der Waals surface area contributed by atoms with Crippen molar-refractivity contribution >= 4 is 22.8 Å². The number of ether oxygens (including phenoxy) is 3. The molecule has 0 bridgehead atoms. The number of primary amides is 1. The molecule has 0 aliphatic carbocycles. The second kappa shape index (κ2) is 12.1. The Morgan fingerprint density at radius 2 is 1.58 bits per heavy atom. The molecule has 3 aromatic carbocycles. The van der Waals surface area contributed by atoms with Gasteiger partial charge in [0.25, 0.3) is 11.5 Å². The number of amides is 1. The summed E-state index contributed by atoms with van der Waals surface area (Å²) in [5, 5.41) is 10.7. The minimum Gasteiger partial charge on any atom is -0.493 e. The van der Waals surface area contributed by atoms with E-state index < -0.39 is 40.6 Å². The summed E-state index contributed by atoms with van der Waals surface area (Å²) in [6, 6.07) is 13.1. The Balaban J connectivity index is 1.71. The number of rotatable bonds is 9. The summed E-state index contributed by atoms with van der Waals surface area (Å²) in [4.78, 5) is 43.5. The molecule has 0 atom stereocenters. The predicted molar refractivity (Wildman–Crippen MR) is 162 cm³/mol. The van der Waals surface area contributed by atoms with Crippen LogP contribution in [0.2, 0.25) is 0 Å². The SMILES string of the molecule is COc1cc2nccc(Oc3ccc(-c4c(C(C)C)c(C(N)=O)n(-c5ccc(F)cc5)c(=O)c4C(=O)O)cc3F)c2cc1OC. The van der Waals surface area contributed by atoms with Crippen LogP contribution < -0.4 is 25.5 Å². The Bertz CT molecular complexity index is 2040. The number of benzene rings is 3. The highest BCUT2D eigenvalue weighted by Crippen LogP contribution is 2.40. The van der Waals surface area contributed by atoms with E-state index in [1.807, 2.05) is 0 Å². The van der Waals surface area contributed by atoms with Crippen LogP contribution in [0.4, 0.5) is 8.78 Å². The Morgan fingerprint density at radius 1 is 0.911 bits per heavy atom. The molecule has 0 unspecified atom stereocenters. The summed E-state index contributed by atoms with van der Waals surface area (Å²) < 4.78 is 46.9. The Morgan fingerprint density at radius 3 is 2.16 bits per heavy atom. The van der Waals surface area contributed by atoms with E-state index >= 15 is 4.39 Å². The molecule has 5 rings (SSSR count). The maximum absolute atomic E-state index is 15.7. The average molecular weight is 616 g/mol. The number of hydrogen-bond donors (Lipinski definition) is 2. The fourth-order valence-corrected chi connectivity index (χ4v) is 5.23. The van der Waals surface area contributed by atoms with Crippen molar-refractivity contribution in [2.75, 3.05) is 14.2 Å². The van der Waals surface area contributed by atoms with Crippen LogP contribution in [0.3, 0.4) is 0 Å². The molecule has 0 saturated heterocycles. The molecule has 2 aromatic heterocycles. The summed E-state index contributed by atoms with van der Waals surface area (Å²) >= 11 is 0. The molecule has 0 spiro atoms. The van der Waals surface area contributed by atoms with Crippen molar-refractivity contribution < 1.29 is 37.7 Å². The van der Waals surface area contributed by atoms with Crippen molar-refractivity contribution in [2.24, 2.45) is 5.73 Å². The van der Waals surface area contributed by atoms with Gasteiger partial charge in [0, 0.05) is 28.9 Å². The number of halogens is 2. The zero-order chi connectivity index (χ0) is 32.6. The van der Waals surface area contributed by atoms with Gasteiger partial charge in [-0.2, -0.15) is 0 Å². The van der Waals surface area contributed by atoms with Crippen molar-refractivity contribution in [2.45, 2.75) is 19.8 Å². The van der Waals surface area contributed by atoms with Crippen LogP contribution in [0.5, 0.6) is 23.0 Å². The molecular weight excluding hydrogens is 588 g/mol. The number of fused-ring (bicyclic) bond motifs is 1. The van der Waals surface area contributed by atoms with Gasteiger partial charge in [0.1, 0.15) is 22.8 Å². The number of carboxylic acid groups (broad SMARTS) is 1. The lowest BCUT2D eigenvalue weighted by atomic mass is 9.87. The molecule has 2 heterocycles. The average Bonchev–Trinajstić information content (AvgIpc) is 3.00. The molecule has 0 saturated carbocycles. The monoisotopic (exact) mass is 615 g/mol. The second-order valence-electron chi connectivity index (χ2n) is 10.2. The highest BCUT2D eigenvalue weighted by molar-refractivity contribution is 6.02. The number of methoxy groups -OCH3 is 2. The first-order chi connectivity index (χ1) is 21.5. The molecule has 3 N–H and O–H groups in total.